The van der Waals surface area contributed by atoms with E-state index in [0.717, 1.165) is 35.0 Å². The van der Waals surface area contributed by atoms with Gasteiger partial charge in [-0.2, -0.15) is 0 Å². The van der Waals surface area contributed by atoms with Crippen molar-refractivity contribution in [3.8, 4) is 0 Å². The summed E-state index contributed by atoms with van der Waals surface area (Å²) in [5.74, 6) is 0. The fourth-order valence-electron chi connectivity index (χ4n) is 2.06. The van der Waals surface area contributed by atoms with Crippen molar-refractivity contribution in [1.29, 1.82) is 0 Å². The molecular weight excluding hydrogens is 424 g/mol. The van der Waals surface area contributed by atoms with Crippen LogP contribution in [0, 0.1) is 2.88 Å². The highest BCUT2D eigenvalue weighted by Gasteiger charge is 2.16. The van der Waals surface area contributed by atoms with Gasteiger partial charge in [0.05, 0.1) is 2.88 Å². The number of benzene rings is 1. The van der Waals surface area contributed by atoms with E-state index in [9.17, 15) is 0 Å². The SMILES string of the molecule is CCCNC(Cc1c(Cl)cccc1Cl)c1csc(I)c1. The van der Waals surface area contributed by atoms with E-state index >= 15 is 0 Å². The van der Waals surface area contributed by atoms with Crippen molar-refractivity contribution in [2.24, 2.45) is 0 Å². The number of hydrogen-bond acceptors (Lipinski definition) is 2. The lowest BCUT2D eigenvalue weighted by atomic mass is 10.0. The molecule has 0 aliphatic heterocycles. The summed E-state index contributed by atoms with van der Waals surface area (Å²) in [4.78, 5) is 0. The van der Waals surface area contributed by atoms with Crippen LogP contribution < -0.4 is 5.32 Å². The van der Waals surface area contributed by atoms with Gasteiger partial charge in [-0.1, -0.05) is 36.2 Å². The summed E-state index contributed by atoms with van der Waals surface area (Å²) in [5.41, 5.74) is 2.33. The van der Waals surface area contributed by atoms with Gasteiger partial charge in [0.2, 0.25) is 0 Å². The monoisotopic (exact) mass is 439 g/mol. The molecule has 1 aromatic carbocycles. The average molecular weight is 440 g/mol. The molecule has 0 aliphatic carbocycles. The van der Waals surface area contributed by atoms with E-state index in [-0.39, 0.29) is 6.04 Å². The lowest BCUT2D eigenvalue weighted by Crippen LogP contribution is -2.24. The quantitative estimate of drug-likeness (QED) is 0.549. The molecule has 0 saturated heterocycles. The highest BCUT2D eigenvalue weighted by Crippen LogP contribution is 2.31. The normalized spacial score (nSPS) is 12.6. The van der Waals surface area contributed by atoms with Crippen LogP contribution in [0.25, 0.3) is 0 Å². The molecule has 2 aromatic rings. The third-order valence-corrected chi connectivity index (χ3v) is 5.62. The predicted octanol–water partition coefficient (Wildman–Crippen LogP) is 5.94. The van der Waals surface area contributed by atoms with E-state index in [0.29, 0.717) is 0 Å². The van der Waals surface area contributed by atoms with Crippen LogP contribution in [0.4, 0.5) is 0 Å². The zero-order valence-corrected chi connectivity index (χ0v) is 15.6. The van der Waals surface area contributed by atoms with E-state index in [1.807, 2.05) is 18.2 Å². The summed E-state index contributed by atoms with van der Waals surface area (Å²) in [6, 6.07) is 8.17. The van der Waals surface area contributed by atoms with Crippen LogP contribution in [0.1, 0.15) is 30.5 Å². The highest BCUT2D eigenvalue weighted by molar-refractivity contribution is 14.1. The van der Waals surface area contributed by atoms with E-state index in [2.05, 4.69) is 46.3 Å². The first-order chi connectivity index (χ1) is 9.61. The highest BCUT2D eigenvalue weighted by atomic mass is 127. The van der Waals surface area contributed by atoms with Gasteiger partial charge in [-0.15, -0.1) is 11.3 Å². The summed E-state index contributed by atoms with van der Waals surface area (Å²) < 4.78 is 1.30. The van der Waals surface area contributed by atoms with Crippen molar-refractivity contribution in [3.05, 3.63) is 53.7 Å². The number of halogens is 3. The molecule has 0 radical (unpaired) electrons. The van der Waals surface area contributed by atoms with E-state index in [4.69, 9.17) is 23.2 Å². The summed E-state index contributed by atoms with van der Waals surface area (Å²) in [6.45, 7) is 3.16. The Morgan fingerprint density at radius 1 is 1.30 bits per heavy atom. The summed E-state index contributed by atoms with van der Waals surface area (Å²) >= 11 is 16.7. The fraction of sp³-hybridized carbons (Fsp3) is 0.333. The summed E-state index contributed by atoms with van der Waals surface area (Å²) in [5, 5.41) is 7.28. The van der Waals surface area contributed by atoms with Crippen LogP contribution in [0.2, 0.25) is 10.0 Å². The molecule has 0 bridgehead atoms. The molecule has 1 unspecified atom stereocenters. The Morgan fingerprint density at radius 2 is 2.00 bits per heavy atom. The maximum absolute atomic E-state index is 6.29. The Hall–Kier alpha value is 0.190. The minimum atomic E-state index is 0.257. The molecule has 0 aliphatic rings. The van der Waals surface area contributed by atoms with Gasteiger partial charge < -0.3 is 5.32 Å². The minimum absolute atomic E-state index is 0.257. The molecule has 1 nitrogen and oxygen atoms in total. The molecular formula is C15H16Cl2INS. The third-order valence-electron chi connectivity index (χ3n) is 3.10. The van der Waals surface area contributed by atoms with Gasteiger partial charge >= 0.3 is 0 Å². The van der Waals surface area contributed by atoms with Crippen molar-refractivity contribution < 1.29 is 0 Å². The van der Waals surface area contributed by atoms with Crippen molar-refractivity contribution >= 4 is 57.1 Å². The summed E-state index contributed by atoms with van der Waals surface area (Å²) in [7, 11) is 0. The maximum atomic E-state index is 6.29. The zero-order chi connectivity index (χ0) is 14.5. The van der Waals surface area contributed by atoms with Crippen LogP contribution in [-0.4, -0.2) is 6.54 Å². The zero-order valence-electron chi connectivity index (χ0n) is 11.1. The molecule has 108 valence electrons. The van der Waals surface area contributed by atoms with Crippen LogP contribution >= 0.6 is 57.1 Å². The minimum Gasteiger partial charge on any atom is -0.310 e. The molecule has 1 aromatic heterocycles. The molecule has 2 rings (SSSR count). The second-order valence-corrected chi connectivity index (χ2v) is 8.22. The van der Waals surface area contributed by atoms with Crippen molar-refractivity contribution in [2.45, 2.75) is 25.8 Å². The second-order valence-electron chi connectivity index (χ2n) is 4.60. The first kappa shape index (κ1) is 16.6. The van der Waals surface area contributed by atoms with Gasteiger partial charge in [0.1, 0.15) is 0 Å². The Kier molecular flexibility index (Phi) is 6.62. The Balaban J connectivity index is 2.23. The first-order valence-corrected chi connectivity index (χ1v) is 9.23. The lowest BCUT2D eigenvalue weighted by Gasteiger charge is -2.19. The largest absolute Gasteiger partial charge is 0.310 e. The predicted molar refractivity (Wildman–Crippen MR) is 98.2 cm³/mol. The van der Waals surface area contributed by atoms with Gasteiger partial charge in [0.15, 0.2) is 0 Å². The molecule has 1 N–H and O–H groups in total. The number of nitrogens with one attached hydrogen (secondary N) is 1. The van der Waals surface area contributed by atoms with E-state index in [1.54, 1.807) is 11.3 Å². The Labute approximate surface area is 147 Å². The van der Waals surface area contributed by atoms with Crippen LogP contribution in [0.3, 0.4) is 0 Å². The molecule has 20 heavy (non-hydrogen) atoms. The van der Waals surface area contributed by atoms with Crippen molar-refractivity contribution in [3.63, 3.8) is 0 Å². The van der Waals surface area contributed by atoms with Crippen molar-refractivity contribution in [2.75, 3.05) is 6.54 Å². The molecule has 1 atom stereocenters. The molecule has 0 fully saturated rings. The molecule has 0 saturated carbocycles. The van der Waals surface area contributed by atoms with Gasteiger partial charge in [-0.3, -0.25) is 0 Å². The summed E-state index contributed by atoms with van der Waals surface area (Å²) in [6.07, 6.45) is 1.92. The van der Waals surface area contributed by atoms with Gasteiger partial charge in [0, 0.05) is 16.1 Å². The van der Waals surface area contributed by atoms with Gasteiger partial charge in [-0.25, -0.2) is 0 Å². The van der Waals surface area contributed by atoms with Crippen LogP contribution in [0.15, 0.2) is 29.6 Å². The number of hydrogen-bond donors (Lipinski definition) is 1. The molecule has 0 spiro atoms. The second kappa shape index (κ2) is 7.99. The topological polar surface area (TPSA) is 12.0 Å². The first-order valence-electron chi connectivity index (χ1n) is 6.52. The van der Waals surface area contributed by atoms with Gasteiger partial charge in [-0.05, 0) is 76.7 Å². The van der Waals surface area contributed by atoms with E-state index < -0.39 is 0 Å². The average Bonchev–Trinajstić information content (AvgIpc) is 2.84. The van der Waals surface area contributed by atoms with Crippen molar-refractivity contribution in [1.82, 2.24) is 5.32 Å². The Bertz CT molecular complexity index is 551. The smallest absolute Gasteiger partial charge is 0.0656 e. The van der Waals surface area contributed by atoms with E-state index in [1.165, 1.54) is 8.45 Å². The van der Waals surface area contributed by atoms with Crippen LogP contribution in [-0.2, 0) is 6.42 Å². The maximum Gasteiger partial charge on any atom is 0.0656 e. The number of thiophene rings is 1. The van der Waals surface area contributed by atoms with Crippen LogP contribution in [0.5, 0.6) is 0 Å². The molecule has 5 heteroatoms. The molecule has 1 heterocycles. The number of rotatable bonds is 6. The third kappa shape index (κ3) is 4.34. The lowest BCUT2D eigenvalue weighted by molar-refractivity contribution is 0.530. The molecule has 0 amide bonds. The fourth-order valence-corrected chi connectivity index (χ4v) is 4.04. The standard InChI is InChI=1S/C15H16Cl2INS/c1-2-6-19-14(10-7-15(18)20-9-10)8-11-12(16)4-3-5-13(11)17/h3-5,7,9,14,19H,2,6,8H2,1H3. The van der Waals surface area contributed by atoms with Gasteiger partial charge in [0.25, 0.3) is 0 Å². The Morgan fingerprint density at radius 3 is 2.55 bits per heavy atom.